The van der Waals surface area contributed by atoms with Gasteiger partial charge in [-0.05, 0) is 20.5 Å². The molecule has 11 N–H and O–H groups in total. The minimum Gasteiger partial charge on any atom is -0.480 e. The quantitative estimate of drug-likeness (QED) is 0.0651. The maximum atomic E-state index is 13.9. The summed E-state index contributed by atoms with van der Waals surface area (Å²) in [6.45, 7) is 1.58. The first-order valence-electron chi connectivity index (χ1n) is 15.5. The predicted molar refractivity (Wildman–Crippen MR) is 162 cm³/mol. The zero-order valence-electron chi connectivity index (χ0n) is 26.5. The molecule has 47 heavy (non-hydrogen) atoms. The molecule has 2 saturated heterocycles. The third-order valence-corrected chi connectivity index (χ3v) is 8.39. The fourth-order valence-corrected chi connectivity index (χ4v) is 5.79. The molecule has 4 unspecified atom stereocenters. The highest BCUT2D eigenvalue weighted by atomic mass is 16.7. The van der Waals surface area contributed by atoms with Crippen LogP contribution in [0.3, 0.4) is 0 Å². The highest BCUT2D eigenvalue weighted by Crippen LogP contribution is 2.35. The summed E-state index contributed by atoms with van der Waals surface area (Å²) in [4.78, 5) is 53.1. The molecule has 1 amide bonds. The second-order valence-electron chi connectivity index (χ2n) is 11.8. The Kier molecular flexibility index (Phi) is 14.4. The van der Waals surface area contributed by atoms with E-state index in [1.807, 2.05) is 11.9 Å². The van der Waals surface area contributed by atoms with Crippen molar-refractivity contribution in [1.29, 1.82) is 0 Å². The SMILES string of the molecule is CCCCCCNC(=O)[C@H]([C@H](OC1O[C@H](CN)[C@@H](O)[C@H]1O)C1OC(n2ccc(=O)[nH]c2=O)[C@H](O)[C@@H]1O)N(C)C[C@H](O)C(NC)C(=O)O. The van der Waals surface area contributed by atoms with Gasteiger partial charge in [0.15, 0.2) is 12.5 Å². The van der Waals surface area contributed by atoms with Gasteiger partial charge >= 0.3 is 11.7 Å². The standard InChI is InChI=1S/C28H48N6O13/c1-4-5-6-7-9-31-24(41)17(33(3)12-13(35)16(30-2)26(42)43)22(47-27-21(40)18(37)14(11-29)45-27)23-19(38)20(39)25(46-23)34-10-8-15(36)32-28(34)44/h8,10,13-14,16-23,25,27,30,35,37-40H,4-7,9,11-12,29H2,1-3H3,(H,31,41)(H,42,43)(H,32,36,44)/t13-,14+,16?,17-,18+,19-,20+,21+,22-,23?,25?,27?/m0/s1. The molecule has 2 fully saturated rings. The summed E-state index contributed by atoms with van der Waals surface area (Å²) in [5.74, 6) is -2.08. The van der Waals surface area contributed by atoms with Crippen LogP contribution in [0.1, 0.15) is 38.8 Å². The molecule has 2 aliphatic rings. The first-order valence-corrected chi connectivity index (χ1v) is 15.5. The number of amides is 1. The lowest BCUT2D eigenvalue weighted by Crippen LogP contribution is -2.62. The zero-order chi connectivity index (χ0) is 35.0. The van der Waals surface area contributed by atoms with Gasteiger partial charge in [-0.1, -0.05) is 26.2 Å². The Hall–Kier alpha value is -2.82. The Morgan fingerprint density at radius 2 is 1.81 bits per heavy atom. The highest BCUT2D eigenvalue weighted by Gasteiger charge is 2.54. The van der Waals surface area contributed by atoms with Gasteiger partial charge in [0.2, 0.25) is 5.91 Å². The lowest BCUT2D eigenvalue weighted by atomic mass is 9.96. The van der Waals surface area contributed by atoms with Crippen molar-refractivity contribution in [3.05, 3.63) is 33.1 Å². The van der Waals surface area contributed by atoms with Gasteiger partial charge < -0.3 is 61.2 Å². The molecule has 19 nitrogen and oxygen atoms in total. The summed E-state index contributed by atoms with van der Waals surface area (Å²) >= 11 is 0. The van der Waals surface area contributed by atoms with Crippen LogP contribution in [0.4, 0.5) is 0 Å². The van der Waals surface area contributed by atoms with E-state index in [2.05, 4.69) is 10.6 Å². The van der Waals surface area contributed by atoms with E-state index in [-0.39, 0.29) is 13.1 Å². The smallest absolute Gasteiger partial charge is 0.330 e. The summed E-state index contributed by atoms with van der Waals surface area (Å²) < 4.78 is 18.5. The van der Waals surface area contributed by atoms with Gasteiger partial charge in [-0.3, -0.25) is 28.8 Å². The summed E-state index contributed by atoms with van der Waals surface area (Å²) in [6.07, 6.45) is -11.7. The third kappa shape index (κ3) is 9.21. The molecule has 3 heterocycles. The van der Waals surface area contributed by atoms with E-state index in [1.165, 1.54) is 19.0 Å². The number of H-pyrrole nitrogens is 1. The Morgan fingerprint density at radius 1 is 1.11 bits per heavy atom. The maximum Gasteiger partial charge on any atom is 0.330 e. The van der Waals surface area contributed by atoms with Gasteiger partial charge in [0.1, 0.15) is 54.8 Å². The number of carbonyl (C=O) groups excluding carboxylic acids is 1. The Bertz CT molecular complexity index is 1280. The molecule has 0 aliphatic carbocycles. The van der Waals surface area contributed by atoms with Crippen LogP contribution in [-0.4, -0.2) is 158 Å². The van der Waals surface area contributed by atoms with Crippen LogP contribution in [0, 0.1) is 0 Å². The van der Waals surface area contributed by atoms with Gasteiger partial charge in [0.25, 0.3) is 5.56 Å². The van der Waals surface area contributed by atoms with E-state index in [0.29, 0.717) is 6.42 Å². The largest absolute Gasteiger partial charge is 0.480 e. The lowest BCUT2D eigenvalue weighted by Gasteiger charge is -2.39. The van der Waals surface area contributed by atoms with Crippen LogP contribution in [0.25, 0.3) is 0 Å². The Labute approximate surface area is 270 Å². The molecule has 0 spiro atoms. The van der Waals surface area contributed by atoms with Crippen LogP contribution in [-0.2, 0) is 23.8 Å². The minimum absolute atomic E-state index is 0.213. The number of unbranched alkanes of at least 4 members (excludes halogenated alkanes) is 3. The van der Waals surface area contributed by atoms with Gasteiger partial charge in [0.05, 0.1) is 6.10 Å². The summed E-state index contributed by atoms with van der Waals surface area (Å²) in [5.41, 5.74) is 3.96. The number of nitrogens with zero attached hydrogens (tertiary/aromatic N) is 2. The van der Waals surface area contributed by atoms with Crippen molar-refractivity contribution in [2.45, 2.75) is 106 Å². The topological polar surface area (TPSA) is 291 Å². The Balaban J connectivity index is 2.05. The molecular formula is C28H48N6O13. The number of carboxylic acid groups (broad SMARTS) is 1. The van der Waals surface area contributed by atoms with E-state index in [9.17, 15) is 49.8 Å². The second-order valence-corrected chi connectivity index (χ2v) is 11.8. The van der Waals surface area contributed by atoms with Gasteiger partial charge in [0, 0.05) is 31.9 Å². The summed E-state index contributed by atoms with van der Waals surface area (Å²) in [5, 5.41) is 69.1. The third-order valence-electron chi connectivity index (χ3n) is 8.39. The van der Waals surface area contributed by atoms with Gasteiger partial charge in [-0.25, -0.2) is 4.79 Å². The molecule has 0 bridgehead atoms. The van der Waals surface area contributed by atoms with Crippen molar-refractivity contribution in [2.75, 3.05) is 33.7 Å². The second kappa shape index (κ2) is 17.5. The molecule has 12 atom stereocenters. The van der Waals surface area contributed by atoms with E-state index in [4.69, 9.17) is 19.9 Å². The van der Waals surface area contributed by atoms with Crippen LogP contribution in [0.2, 0.25) is 0 Å². The van der Waals surface area contributed by atoms with Crippen molar-refractivity contribution in [3.8, 4) is 0 Å². The number of likely N-dealkylation sites (N-methyl/N-ethyl adjacent to an activating group) is 2. The van der Waals surface area contributed by atoms with Crippen LogP contribution >= 0.6 is 0 Å². The average Bonchev–Trinajstić information content (AvgIpc) is 3.46. The average molecular weight is 677 g/mol. The number of nitrogens with two attached hydrogens (primary N) is 1. The number of ether oxygens (including phenoxy) is 3. The number of carbonyl (C=O) groups is 2. The number of aliphatic carboxylic acids is 1. The Morgan fingerprint density at radius 3 is 2.38 bits per heavy atom. The summed E-state index contributed by atoms with van der Waals surface area (Å²) in [7, 11) is 2.70. The predicted octanol–water partition coefficient (Wildman–Crippen LogP) is -5.02. The molecule has 19 heteroatoms. The fraction of sp³-hybridized carbons (Fsp3) is 0.786. The van der Waals surface area contributed by atoms with E-state index < -0.39 is 103 Å². The molecule has 0 saturated carbocycles. The number of aliphatic hydroxyl groups is 5. The van der Waals surface area contributed by atoms with E-state index in [1.54, 1.807) is 0 Å². The molecule has 1 aromatic heterocycles. The number of hydrogen-bond acceptors (Lipinski definition) is 15. The normalized spacial score (nSPS) is 30.3. The van der Waals surface area contributed by atoms with Crippen LogP contribution in [0.15, 0.2) is 21.9 Å². The fourth-order valence-electron chi connectivity index (χ4n) is 5.79. The van der Waals surface area contributed by atoms with E-state index >= 15 is 0 Å². The number of aromatic nitrogens is 2. The summed E-state index contributed by atoms with van der Waals surface area (Å²) in [6, 6.07) is -1.97. The van der Waals surface area contributed by atoms with Crippen LogP contribution in [0.5, 0.6) is 0 Å². The molecule has 3 rings (SSSR count). The monoisotopic (exact) mass is 676 g/mol. The molecule has 1 aromatic rings. The zero-order valence-corrected chi connectivity index (χ0v) is 26.5. The van der Waals surface area contributed by atoms with Crippen molar-refractivity contribution in [1.82, 2.24) is 25.1 Å². The number of aliphatic hydroxyl groups excluding tert-OH is 5. The molecule has 2 aliphatic heterocycles. The van der Waals surface area contributed by atoms with Crippen molar-refractivity contribution < 1.29 is 54.4 Å². The van der Waals surface area contributed by atoms with Crippen molar-refractivity contribution >= 4 is 11.9 Å². The highest BCUT2D eigenvalue weighted by molar-refractivity contribution is 5.82. The number of carboxylic acids is 1. The van der Waals surface area contributed by atoms with Crippen molar-refractivity contribution in [2.24, 2.45) is 5.73 Å². The van der Waals surface area contributed by atoms with Gasteiger partial charge in [-0.15, -0.1) is 0 Å². The van der Waals surface area contributed by atoms with E-state index in [0.717, 1.165) is 36.1 Å². The first-order chi connectivity index (χ1) is 22.3. The molecule has 268 valence electrons. The van der Waals surface area contributed by atoms with Crippen molar-refractivity contribution in [3.63, 3.8) is 0 Å². The molecule has 0 aromatic carbocycles. The maximum absolute atomic E-state index is 13.9. The molecular weight excluding hydrogens is 628 g/mol. The van der Waals surface area contributed by atoms with Gasteiger partial charge in [-0.2, -0.15) is 0 Å². The van der Waals surface area contributed by atoms with Crippen LogP contribution < -0.4 is 27.6 Å². The number of hydrogen-bond donors (Lipinski definition) is 10. The first kappa shape index (κ1) is 38.6. The minimum atomic E-state index is -1.85. The number of aromatic amines is 1. The number of rotatable bonds is 18. The molecule has 0 radical (unpaired) electrons. The lowest BCUT2D eigenvalue weighted by molar-refractivity contribution is -0.233. The number of nitrogens with one attached hydrogen (secondary N) is 3.